The predicted octanol–water partition coefficient (Wildman–Crippen LogP) is 2.51. The van der Waals surface area contributed by atoms with Crippen LogP contribution in [0.2, 0.25) is 0 Å². The van der Waals surface area contributed by atoms with E-state index >= 15 is 0 Å². The number of rotatable bonds is 4. The molecule has 0 aliphatic rings. The first kappa shape index (κ1) is 13.0. The molecule has 0 unspecified atom stereocenters. The second-order valence-electron chi connectivity index (χ2n) is 4.38. The van der Waals surface area contributed by atoms with Crippen LogP contribution >= 0.6 is 0 Å². The fourth-order valence-electron chi connectivity index (χ4n) is 1.87. The van der Waals surface area contributed by atoms with Gasteiger partial charge in [-0.2, -0.15) is 0 Å². The summed E-state index contributed by atoms with van der Waals surface area (Å²) in [6.45, 7) is 0.437. The molecule has 1 amide bonds. The largest absolute Gasteiger partial charge is 0.335 e. The van der Waals surface area contributed by atoms with Crippen molar-refractivity contribution in [3.63, 3.8) is 0 Å². The highest BCUT2D eigenvalue weighted by atomic mass is 16.2. The lowest BCUT2D eigenvalue weighted by Gasteiger charge is -2.14. The highest BCUT2D eigenvalue weighted by Gasteiger charge is 2.07. The standard InChI is InChI=1S/C16H15NO2/c1-17(16(19)12-18)11-13-7-9-15(10-8-13)14-5-3-2-4-6-14/h2-10,12H,11H2,1H3. The summed E-state index contributed by atoms with van der Waals surface area (Å²) in [6.07, 6.45) is 0.332. The van der Waals surface area contributed by atoms with Crippen LogP contribution < -0.4 is 0 Å². The van der Waals surface area contributed by atoms with Crippen molar-refractivity contribution in [2.24, 2.45) is 0 Å². The first-order valence-electron chi connectivity index (χ1n) is 6.05. The summed E-state index contributed by atoms with van der Waals surface area (Å²) in [6, 6.07) is 18.1. The molecule has 0 aromatic heterocycles. The maximum atomic E-state index is 11.2. The van der Waals surface area contributed by atoms with Crippen molar-refractivity contribution in [1.29, 1.82) is 0 Å². The lowest BCUT2D eigenvalue weighted by atomic mass is 10.0. The van der Waals surface area contributed by atoms with Gasteiger partial charge in [-0.1, -0.05) is 54.6 Å². The summed E-state index contributed by atoms with van der Waals surface area (Å²) in [4.78, 5) is 22.9. The monoisotopic (exact) mass is 253 g/mol. The van der Waals surface area contributed by atoms with Crippen LogP contribution in [0, 0.1) is 0 Å². The number of hydrogen-bond acceptors (Lipinski definition) is 2. The first-order chi connectivity index (χ1) is 9.20. The SMILES string of the molecule is CN(Cc1ccc(-c2ccccc2)cc1)C(=O)C=O. The Kier molecular flexibility index (Phi) is 4.08. The van der Waals surface area contributed by atoms with Crippen molar-refractivity contribution >= 4 is 12.2 Å². The molecule has 19 heavy (non-hydrogen) atoms. The lowest BCUT2D eigenvalue weighted by Crippen LogP contribution is -2.26. The minimum absolute atomic E-state index is 0.332. The average Bonchev–Trinajstić information content (AvgIpc) is 2.48. The number of carbonyl (C=O) groups is 2. The first-order valence-corrected chi connectivity index (χ1v) is 6.05. The zero-order valence-electron chi connectivity index (χ0n) is 10.7. The van der Waals surface area contributed by atoms with Gasteiger partial charge in [-0.15, -0.1) is 0 Å². The van der Waals surface area contributed by atoms with Gasteiger partial charge in [-0.25, -0.2) is 0 Å². The molecule has 0 atom stereocenters. The molecule has 2 aromatic carbocycles. The maximum Gasteiger partial charge on any atom is 0.286 e. The van der Waals surface area contributed by atoms with E-state index in [4.69, 9.17) is 0 Å². The van der Waals surface area contributed by atoms with E-state index in [0.717, 1.165) is 16.7 Å². The summed E-state index contributed by atoms with van der Waals surface area (Å²) in [5, 5.41) is 0. The van der Waals surface area contributed by atoms with Crippen LogP contribution in [0.25, 0.3) is 11.1 Å². The fourth-order valence-corrected chi connectivity index (χ4v) is 1.87. The van der Waals surface area contributed by atoms with Crippen molar-refractivity contribution in [1.82, 2.24) is 4.90 Å². The molecular weight excluding hydrogens is 238 g/mol. The number of benzene rings is 2. The second kappa shape index (κ2) is 5.96. The van der Waals surface area contributed by atoms with Crippen molar-refractivity contribution in [3.8, 4) is 11.1 Å². The second-order valence-corrected chi connectivity index (χ2v) is 4.38. The van der Waals surface area contributed by atoms with E-state index in [1.807, 2.05) is 42.5 Å². The summed E-state index contributed by atoms with van der Waals surface area (Å²) in [5.74, 6) is -0.507. The molecule has 0 heterocycles. The van der Waals surface area contributed by atoms with Gasteiger partial charge in [0, 0.05) is 13.6 Å². The molecule has 2 rings (SSSR count). The number of hydrogen-bond donors (Lipinski definition) is 0. The van der Waals surface area contributed by atoms with Gasteiger partial charge in [-0.05, 0) is 16.7 Å². The Balaban J connectivity index is 2.11. The fraction of sp³-hybridized carbons (Fsp3) is 0.125. The van der Waals surface area contributed by atoms with Crippen molar-refractivity contribution in [2.45, 2.75) is 6.54 Å². The van der Waals surface area contributed by atoms with Gasteiger partial charge in [0.1, 0.15) is 0 Å². The molecule has 0 spiro atoms. The van der Waals surface area contributed by atoms with E-state index in [1.54, 1.807) is 7.05 Å². The minimum atomic E-state index is -0.507. The van der Waals surface area contributed by atoms with E-state index in [9.17, 15) is 9.59 Å². The number of amides is 1. The van der Waals surface area contributed by atoms with Crippen molar-refractivity contribution in [3.05, 3.63) is 60.2 Å². The summed E-state index contributed by atoms with van der Waals surface area (Å²) in [7, 11) is 1.61. The topological polar surface area (TPSA) is 37.4 Å². The van der Waals surface area contributed by atoms with Crippen LogP contribution in [0.1, 0.15) is 5.56 Å². The highest BCUT2D eigenvalue weighted by molar-refractivity contribution is 6.23. The molecule has 0 aliphatic carbocycles. The van der Waals surface area contributed by atoms with E-state index in [0.29, 0.717) is 12.8 Å². The zero-order chi connectivity index (χ0) is 13.7. The van der Waals surface area contributed by atoms with Gasteiger partial charge in [0.05, 0.1) is 0 Å². The molecule has 0 radical (unpaired) electrons. The highest BCUT2D eigenvalue weighted by Crippen LogP contribution is 2.19. The minimum Gasteiger partial charge on any atom is -0.335 e. The number of aldehydes is 1. The summed E-state index contributed by atoms with van der Waals surface area (Å²) in [5.41, 5.74) is 3.29. The molecule has 0 bridgehead atoms. The van der Waals surface area contributed by atoms with Gasteiger partial charge in [0.15, 0.2) is 0 Å². The molecule has 0 fully saturated rings. The van der Waals surface area contributed by atoms with Crippen molar-refractivity contribution < 1.29 is 9.59 Å². The third-order valence-corrected chi connectivity index (χ3v) is 2.96. The number of likely N-dealkylation sites (N-methyl/N-ethyl adjacent to an activating group) is 1. The molecule has 96 valence electrons. The molecule has 3 heteroatoms. The number of nitrogens with zero attached hydrogens (tertiary/aromatic N) is 1. The smallest absolute Gasteiger partial charge is 0.286 e. The van der Waals surface area contributed by atoms with E-state index in [1.165, 1.54) is 4.90 Å². The van der Waals surface area contributed by atoms with Crippen LogP contribution in [-0.2, 0) is 16.1 Å². The average molecular weight is 253 g/mol. The maximum absolute atomic E-state index is 11.2. The molecule has 0 saturated carbocycles. The van der Waals surface area contributed by atoms with Crippen LogP contribution in [0.3, 0.4) is 0 Å². The Labute approximate surface area is 112 Å². The summed E-state index contributed by atoms with van der Waals surface area (Å²) >= 11 is 0. The van der Waals surface area contributed by atoms with Gasteiger partial charge in [0.25, 0.3) is 5.91 Å². The molecular formula is C16H15NO2. The Hall–Kier alpha value is -2.42. The normalized spacial score (nSPS) is 9.95. The Bertz CT molecular complexity index is 561. The van der Waals surface area contributed by atoms with Crippen LogP contribution in [-0.4, -0.2) is 24.1 Å². The van der Waals surface area contributed by atoms with Gasteiger partial charge >= 0.3 is 0 Å². The molecule has 0 saturated heterocycles. The molecule has 0 N–H and O–H groups in total. The van der Waals surface area contributed by atoms with E-state index in [2.05, 4.69) is 12.1 Å². The van der Waals surface area contributed by atoms with E-state index < -0.39 is 5.91 Å². The van der Waals surface area contributed by atoms with E-state index in [-0.39, 0.29) is 0 Å². The number of carbonyl (C=O) groups excluding carboxylic acids is 2. The predicted molar refractivity (Wildman–Crippen MR) is 74.4 cm³/mol. The third-order valence-electron chi connectivity index (χ3n) is 2.96. The Morgan fingerprint density at radius 3 is 2.16 bits per heavy atom. The summed E-state index contributed by atoms with van der Waals surface area (Å²) < 4.78 is 0. The Morgan fingerprint density at radius 1 is 1.00 bits per heavy atom. The Morgan fingerprint density at radius 2 is 1.58 bits per heavy atom. The van der Waals surface area contributed by atoms with Gasteiger partial charge < -0.3 is 4.90 Å². The van der Waals surface area contributed by atoms with Crippen LogP contribution in [0.5, 0.6) is 0 Å². The molecule has 2 aromatic rings. The van der Waals surface area contributed by atoms with Crippen molar-refractivity contribution in [2.75, 3.05) is 7.05 Å². The zero-order valence-corrected chi connectivity index (χ0v) is 10.7. The van der Waals surface area contributed by atoms with Gasteiger partial charge in [0.2, 0.25) is 6.29 Å². The lowest BCUT2D eigenvalue weighted by molar-refractivity contribution is -0.138. The quantitative estimate of drug-likeness (QED) is 0.620. The van der Waals surface area contributed by atoms with Crippen LogP contribution in [0.15, 0.2) is 54.6 Å². The van der Waals surface area contributed by atoms with Gasteiger partial charge in [-0.3, -0.25) is 9.59 Å². The molecule has 0 aliphatic heterocycles. The third kappa shape index (κ3) is 3.28. The van der Waals surface area contributed by atoms with Crippen LogP contribution in [0.4, 0.5) is 0 Å². The molecule has 3 nitrogen and oxygen atoms in total.